The van der Waals surface area contributed by atoms with Gasteiger partial charge in [-0.2, -0.15) is 0 Å². The monoisotopic (exact) mass is 317 g/mol. The fraction of sp³-hybridized carbons (Fsp3) is 0. The molecule has 9 heteroatoms. The van der Waals surface area contributed by atoms with Crippen LogP contribution in [0.4, 0.5) is 0 Å². The van der Waals surface area contributed by atoms with E-state index in [0.29, 0.717) is 10.3 Å². The zero-order valence-corrected chi connectivity index (χ0v) is 11.8. The third-order valence-corrected chi connectivity index (χ3v) is 4.73. The van der Waals surface area contributed by atoms with E-state index in [2.05, 4.69) is 0 Å². The zero-order valence-electron chi connectivity index (χ0n) is 9.40. The van der Waals surface area contributed by atoms with Crippen molar-refractivity contribution in [3.63, 3.8) is 0 Å². The quantitative estimate of drug-likeness (QED) is 0.846. The van der Waals surface area contributed by atoms with Gasteiger partial charge in [-0.15, -0.1) is 0 Å². The standard InChI is InChI=1S/C10H9N2O4S3/c11-18(13,14)6-4-8-7(2-1-3-9(8)17)10(5-6)19(12,15)16/h1-5H,(H2,11,13,14)(H2,12,15,16). The molecule has 0 spiro atoms. The van der Waals surface area contributed by atoms with E-state index < -0.39 is 20.0 Å². The van der Waals surface area contributed by atoms with Crippen molar-refractivity contribution in [1.29, 1.82) is 0 Å². The maximum atomic E-state index is 11.5. The highest BCUT2D eigenvalue weighted by Crippen LogP contribution is 2.30. The van der Waals surface area contributed by atoms with Crippen molar-refractivity contribution in [2.24, 2.45) is 10.3 Å². The normalized spacial score (nSPS) is 12.7. The van der Waals surface area contributed by atoms with Crippen molar-refractivity contribution in [2.45, 2.75) is 14.7 Å². The Kier molecular flexibility index (Phi) is 3.27. The number of nitrogens with two attached hydrogens (primary N) is 2. The Morgan fingerprint density at radius 1 is 0.895 bits per heavy atom. The van der Waals surface area contributed by atoms with Gasteiger partial charge in [0.2, 0.25) is 20.0 Å². The van der Waals surface area contributed by atoms with Crippen LogP contribution in [-0.2, 0) is 20.0 Å². The van der Waals surface area contributed by atoms with Gasteiger partial charge >= 0.3 is 0 Å². The minimum atomic E-state index is -4.10. The third kappa shape index (κ3) is 2.69. The van der Waals surface area contributed by atoms with E-state index in [4.69, 9.17) is 22.9 Å². The summed E-state index contributed by atoms with van der Waals surface area (Å²) in [6.07, 6.45) is 0. The van der Waals surface area contributed by atoms with Gasteiger partial charge in [0.05, 0.1) is 9.79 Å². The summed E-state index contributed by atoms with van der Waals surface area (Å²) < 4.78 is 45.8. The zero-order chi connectivity index (χ0) is 14.4. The summed E-state index contributed by atoms with van der Waals surface area (Å²) in [7, 11) is -8.16. The number of hydrogen-bond donors (Lipinski definition) is 2. The molecule has 0 atom stereocenters. The van der Waals surface area contributed by atoms with Crippen molar-refractivity contribution in [3.05, 3.63) is 30.3 Å². The van der Waals surface area contributed by atoms with Crippen LogP contribution in [0.3, 0.4) is 0 Å². The smallest absolute Gasteiger partial charge is 0.225 e. The molecule has 0 saturated carbocycles. The van der Waals surface area contributed by atoms with Crippen molar-refractivity contribution in [2.75, 3.05) is 0 Å². The molecular formula is C10H9N2O4S3. The van der Waals surface area contributed by atoms with E-state index in [0.717, 1.165) is 6.07 Å². The Balaban J connectivity index is 3.06. The molecule has 0 bridgehead atoms. The molecule has 19 heavy (non-hydrogen) atoms. The summed E-state index contributed by atoms with van der Waals surface area (Å²) in [5, 5.41) is 10.7. The van der Waals surface area contributed by atoms with Gasteiger partial charge in [-0.3, -0.25) is 0 Å². The van der Waals surface area contributed by atoms with Crippen molar-refractivity contribution >= 4 is 43.4 Å². The first-order valence-electron chi connectivity index (χ1n) is 4.90. The summed E-state index contributed by atoms with van der Waals surface area (Å²) in [4.78, 5) is -0.352. The second-order valence-corrected chi connectivity index (χ2v) is 7.39. The van der Waals surface area contributed by atoms with Gasteiger partial charge in [-0.25, -0.2) is 27.1 Å². The molecule has 0 fully saturated rings. The Morgan fingerprint density at radius 3 is 2.05 bits per heavy atom. The molecule has 0 unspecified atom stereocenters. The second-order valence-electron chi connectivity index (χ2n) is 3.86. The van der Waals surface area contributed by atoms with Crippen LogP contribution >= 0.6 is 12.6 Å². The molecule has 2 aromatic carbocycles. The molecule has 2 aromatic rings. The fourth-order valence-corrected chi connectivity index (χ4v) is 3.36. The Morgan fingerprint density at radius 2 is 1.53 bits per heavy atom. The first-order chi connectivity index (χ1) is 8.60. The number of sulfonamides is 2. The Hall–Kier alpha value is -1.26. The van der Waals surface area contributed by atoms with Gasteiger partial charge in [-0.1, -0.05) is 24.8 Å². The maximum Gasteiger partial charge on any atom is 0.238 e. The van der Waals surface area contributed by atoms with Gasteiger partial charge < -0.3 is 0 Å². The van der Waals surface area contributed by atoms with Crippen LogP contribution in [0.2, 0.25) is 0 Å². The molecule has 0 aliphatic heterocycles. The SMILES string of the molecule is NS(=O)(=O)c1cc(S(N)(=O)=O)c2cccc([S])c2c1. The van der Waals surface area contributed by atoms with E-state index >= 15 is 0 Å². The minimum Gasteiger partial charge on any atom is -0.225 e. The lowest BCUT2D eigenvalue weighted by atomic mass is 10.1. The average Bonchev–Trinajstić information content (AvgIpc) is 2.25. The number of benzene rings is 2. The van der Waals surface area contributed by atoms with Gasteiger partial charge in [0.1, 0.15) is 0 Å². The molecule has 0 amide bonds. The first kappa shape index (κ1) is 14.2. The fourth-order valence-electron chi connectivity index (χ4n) is 1.70. The lowest BCUT2D eigenvalue weighted by Gasteiger charge is -2.08. The molecule has 6 nitrogen and oxygen atoms in total. The van der Waals surface area contributed by atoms with Crippen LogP contribution in [0.1, 0.15) is 0 Å². The van der Waals surface area contributed by atoms with Crippen LogP contribution in [0.15, 0.2) is 45.0 Å². The van der Waals surface area contributed by atoms with Crippen molar-refractivity contribution < 1.29 is 16.8 Å². The molecule has 0 aromatic heterocycles. The van der Waals surface area contributed by atoms with Crippen LogP contribution in [-0.4, -0.2) is 16.8 Å². The Bertz CT molecular complexity index is 873. The van der Waals surface area contributed by atoms with Gasteiger partial charge in [0, 0.05) is 15.7 Å². The van der Waals surface area contributed by atoms with E-state index in [9.17, 15) is 16.8 Å². The maximum absolute atomic E-state index is 11.5. The second kappa shape index (κ2) is 4.39. The lowest BCUT2D eigenvalue weighted by molar-refractivity contribution is 0.596. The van der Waals surface area contributed by atoms with Crippen LogP contribution in [0.5, 0.6) is 0 Å². The predicted octanol–water partition coefficient (Wildman–Crippen LogP) is 0.691. The molecule has 0 aliphatic rings. The summed E-state index contributed by atoms with van der Waals surface area (Å²) in [5.41, 5.74) is 0. The van der Waals surface area contributed by atoms with Gasteiger partial charge in [-0.05, 0) is 18.2 Å². The van der Waals surface area contributed by atoms with E-state index in [-0.39, 0.29) is 15.2 Å². The summed E-state index contributed by atoms with van der Waals surface area (Å²) in [6.45, 7) is 0. The van der Waals surface area contributed by atoms with E-state index in [1.54, 1.807) is 12.1 Å². The topological polar surface area (TPSA) is 120 Å². The highest BCUT2D eigenvalue weighted by atomic mass is 32.2. The van der Waals surface area contributed by atoms with Crippen molar-refractivity contribution in [3.8, 4) is 0 Å². The molecule has 0 saturated heterocycles. The molecule has 4 N–H and O–H groups in total. The van der Waals surface area contributed by atoms with Crippen molar-refractivity contribution in [1.82, 2.24) is 0 Å². The number of hydrogen-bond acceptors (Lipinski definition) is 4. The first-order valence-corrected chi connectivity index (χ1v) is 8.40. The average molecular weight is 317 g/mol. The summed E-state index contributed by atoms with van der Waals surface area (Å²) >= 11 is 5.05. The molecule has 2 rings (SSSR count). The molecule has 0 aliphatic carbocycles. The van der Waals surface area contributed by atoms with Crippen LogP contribution < -0.4 is 10.3 Å². The number of rotatable bonds is 2. The van der Waals surface area contributed by atoms with Crippen LogP contribution in [0.25, 0.3) is 10.8 Å². The van der Waals surface area contributed by atoms with Gasteiger partial charge in [0.15, 0.2) is 0 Å². The van der Waals surface area contributed by atoms with E-state index in [1.807, 2.05) is 0 Å². The number of fused-ring (bicyclic) bond motifs is 1. The molecule has 101 valence electrons. The predicted molar refractivity (Wildman–Crippen MR) is 72.6 cm³/mol. The largest absolute Gasteiger partial charge is 0.238 e. The van der Waals surface area contributed by atoms with Crippen LogP contribution in [0, 0.1) is 0 Å². The summed E-state index contributed by atoms with van der Waals surface area (Å²) in [5.74, 6) is 0. The Labute approximate surface area is 115 Å². The molecule has 0 heterocycles. The molecular weight excluding hydrogens is 308 g/mol. The lowest BCUT2D eigenvalue weighted by Crippen LogP contribution is -2.16. The summed E-state index contributed by atoms with van der Waals surface area (Å²) in [6, 6.07) is 6.79. The van der Waals surface area contributed by atoms with Gasteiger partial charge in [0.25, 0.3) is 0 Å². The third-order valence-electron chi connectivity index (χ3n) is 2.53. The molecule has 1 radical (unpaired) electrons. The minimum absolute atomic E-state index is 0.266. The highest BCUT2D eigenvalue weighted by molar-refractivity contribution is 7.90. The van der Waals surface area contributed by atoms with E-state index in [1.165, 1.54) is 12.1 Å². The number of primary sulfonamides is 2. The highest BCUT2D eigenvalue weighted by Gasteiger charge is 2.19.